The van der Waals surface area contributed by atoms with Gasteiger partial charge in [0.15, 0.2) is 10.8 Å². The summed E-state index contributed by atoms with van der Waals surface area (Å²) < 4.78 is 16.8. The lowest BCUT2D eigenvalue weighted by Crippen LogP contribution is -2.71. The molecule has 7 rings (SSSR count). The largest absolute Gasteiger partial charge is 0.497 e. The fourth-order valence-electron chi connectivity index (χ4n) is 6.75. The maximum atomic E-state index is 14.6. The summed E-state index contributed by atoms with van der Waals surface area (Å²) in [6, 6.07) is 34.7. The lowest BCUT2D eigenvalue weighted by molar-refractivity contribution is -0.153. The number of nitrogens with zero attached hydrogens (tertiary/aromatic N) is 3. The highest BCUT2D eigenvalue weighted by Gasteiger charge is 2.55. The van der Waals surface area contributed by atoms with Crippen LogP contribution in [0.5, 0.6) is 5.75 Å². The normalized spacial score (nSPS) is 16.5. The summed E-state index contributed by atoms with van der Waals surface area (Å²) in [6.07, 6.45) is -0.726. The van der Waals surface area contributed by atoms with Crippen molar-refractivity contribution < 1.29 is 38.2 Å². The summed E-state index contributed by atoms with van der Waals surface area (Å²) in [5.74, 6) is -0.759. The number of amides is 3. The number of thioether (sulfide) groups is 1. The van der Waals surface area contributed by atoms with Gasteiger partial charge in [-0.25, -0.2) is 14.6 Å². The zero-order chi connectivity index (χ0) is 43.1. The van der Waals surface area contributed by atoms with E-state index in [0.717, 1.165) is 39.2 Å². The molecule has 0 bridgehead atoms. The SMILES string of the molecule is COc1ccc(COC(=O)C2=C(CI)CS[C@@H]3C(NC(=O)/C(=N\OC(c4ccccc4)(c4ccccc4)c4ccccc4)c4csc(NC(=O)OC(C)(C)C)n4)C(=O)N23)cc1. The van der Waals surface area contributed by atoms with E-state index in [1.165, 1.54) is 16.7 Å². The highest BCUT2D eigenvalue weighted by molar-refractivity contribution is 14.1. The Bertz CT molecular complexity index is 2340. The van der Waals surface area contributed by atoms with Gasteiger partial charge in [-0.15, -0.1) is 23.1 Å². The van der Waals surface area contributed by atoms with E-state index in [2.05, 4.69) is 43.4 Å². The minimum Gasteiger partial charge on any atom is -0.497 e. The monoisotopic (exact) mass is 971 g/mol. The molecular formula is C45H42IN5O8S2. The van der Waals surface area contributed by atoms with Crippen molar-refractivity contribution in [1.29, 1.82) is 0 Å². The molecule has 5 aromatic rings. The molecule has 1 unspecified atom stereocenters. The molecule has 13 nitrogen and oxygen atoms in total. The Hall–Kier alpha value is -5.72. The molecule has 1 fully saturated rings. The number of thiazole rings is 1. The van der Waals surface area contributed by atoms with Crippen molar-refractivity contribution in [2.45, 2.75) is 50.0 Å². The molecule has 16 heteroatoms. The molecule has 2 aliphatic heterocycles. The molecule has 2 aliphatic rings. The molecular weight excluding hydrogens is 930 g/mol. The van der Waals surface area contributed by atoms with Crippen LogP contribution in [0.1, 0.15) is 48.7 Å². The van der Waals surface area contributed by atoms with E-state index < -0.39 is 46.5 Å². The van der Waals surface area contributed by atoms with Crippen molar-refractivity contribution in [3.8, 4) is 5.75 Å². The summed E-state index contributed by atoms with van der Waals surface area (Å²) in [5.41, 5.74) is 1.58. The Labute approximate surface area is 375 Å². The smallest absolute Gasteiger partial charge is 0.413 e. The van der Waals surface area contributed by atoms with Gasteiger partial charge in [-0.2, -0.15) is 0 Å². The fraction of sp³-hybridized carbons (Fsp3) is 0.244. The number of carbonyl (C=O) groups is 4. The number of methoxy groups -OCH3 is 1. The van der Waals surface area contributed by atoms with Gasteiger partial charge >= 0.3 is 12.1 Å². The molecule has 61 heavy (non-hydrogen) atoms. The highest BCUT2D eigenvalue weighted by Crippen LogP contribution is 2.43. The number of halogens is 1. The van der Waals surface area contributed by atoms with Crippen molar-refractivity contribution >= 4 is 80.4 Å². The molecule has 4 aromatic carbocycles. The van der Waals surface area contributed by atoms with Gasteiger partial charge in [0.1, 0.15) is 40.8 Å². The molecule has 2 atom stereocenters. The Balaban J connectivity index is 1.21. The standard InChI is InChI=1S/C45H42IN5O8S2/c1-44(2,3)58-43(55)49-42-47-34(27-61-42)35(50-59-45(30-14-8-5-9-15-30,31-16-10-6-11-17-31)32-18-12-7-13-19-32)38(52)48-36-39(53)51-37(29(24-46)26-60-40(36)51)41(54)57-25-28-20-22-33(56-4)23-21-28/h5-23,27,36,40H,24-26H2,1-4H3,(H,48,52)(H,47,49,55)/b50-35-/t36?,40-/m1/s1. The number of aromatic nitrogens is 1. The Morgan fingerprint density at radius 1 is 0.885 bits per heavy atom. The number of esters is 1. The summed E-state index contributed by atoms with van der Waals surface area (Å²) in [4.78, 5) is 67.6. The van der Waals surface area contributed by atoms with Crippen LogP contribution in [0.25, 0.3) is 0 Å². The van der Waals surface area contributed by atoms with Crippen LogP contribution in [0.15, 0.2) is 137 Å². The van der Waals surface area contributed by atoms with Crippen LogP contribution in [-0.4, -0.2) is 73.8 Å². The van der Waals surface area contributed by atoms with Gasteiger partial charge in [0.05, 0.1) is 7.11 Å². The molecule has 0 saturated carbocycles. The summed E-state index contributed by atoms with van der Waals surface area (Å²) >= 11 is 4.65. The van der Waals surface area contributed by atoms with E-state index >= 15 is 0 Å². The highest BCUT2D eigenvalue weighted by atomic mass is 127. The first-order valence-electron chi connectivity index (χ1n) is 19.1. The van der Waals surface area contributed by atoms with Gasteiger partial charge in [-0.1, -0.05) is 131 Å². The van der Waals surface area contributed by atoms with Gasteiger partial charge < -0.3 is 24.4 Å². The number of benzene rings is 4. The zero-order valence-electron chi connectivity index (χ0n) is 33.6. The molecule has 0 aliphatic carbocycles. The molecule has 0 radical (unpaired) electrons. The van der Waals surface area contributed by atoms with Crippen molar-refractivity contribution in [3.05, 3.63) is 160 Å². The number of oxime groups is 1. The van der Waals surface area contributed by atoms with Crippen LogP contribution in [-0.2, 0) is 40.9 Å². The number of hydrogen-bond acceptors (Lipinski definition) is 12. The Morgan fingerprint density at radius 2 is 1.48 bits per heavy atom. The first-order valence-corrected chi connectivity index (χ1v) is 22.6. The number of rotatable bonds is 14. The third-order valence-electron chi connectivity index (χ3n) is 9.60. The van der Waals surface area contributed by atoms with Gasteiger partial charge in [0.25, 0.3) is 11.8 Å². The summed E-state index contributed by atoms with van der Waals surface area (Å²) in [7, 11) is 1.57. The number of ether oxygens (including phenoxy) is 3. The molecule has 3 amide bonds. The van der Waals surface area contributed by atoms with E-state index in [-0.39, 0.29) is 28.8 Å². The van der Waals surface area contributed by atoms with E-state index in [0.29, 0.717) is 15.9 Å². The third-order valence-corrected chi connectivity index (χ3v) is 12.6. The molecule has 0 spiro atoms. The van der Waals surface area contributed by atoms with Crippen molar-refractivity contribution in [3.63, 3.8) is 0 Å². The van der Waals surface area contributed by atoms with Crippen LogP contribution >= 0.6 is 45.7 Å². The summed E-state index contributed by atoms with van der Waals surface area (Å²) in [5, 5.41) is 11.2. The van der Waals surface area contributed by atoms with Crippen LogP contribution in [0.4, 0.5) is 9.93 Å². The van der Waals surface area contributed by atoms with E-state index in [1.54, 1.807) is 57.5 Å². The first-order chi connectivity index (χ1) is 29.4. The maximum absolute atomic E-state index is 14.6. The van der Waals surface area contributed by atoms with E-state index in [1.807, 2.05) is 91.0 Å². The minimum absolute atomic E-state index is 0.00443. The maximum Gasteiger partial charge on any atom is 0.413 e. The molecule has 1 saturated heterocycles. The predicted octanol–water partition coefficient (Wildman–Crippen LogP) is 8.04. The molecule has 314 valence electrons. The number of anilines is 1. The number of hydrogen-bond donors (Lipinski definition) is 2. The van der Waals surface area contributed by atoms with Crippen LogP contribution in [0.2, 0.25) is 0 Å². The van der Waals surface area contributed by atoms with Gasteiger partial charge in [-0.3, -0.25) is 19.8 Å². The predicted molar refractivity (Wildman–Crippen MR) is 243 cm³/mol. The minimum atomic E-state index is -1.35. The average molecular weight is 972 g/mol. The third kappa shape index (κ3) is 9.61. The molecule has 1 aromatic heterocycles. The van der Waals surface area contributed by atoms with Gasteiger partial charge in [0.2, 0.25) is 5.60 Å². The quantitative estimate of drug-likeness (QED) is 0.0212. The summed E-state index contributed by atoms with van der Waals surface area (Å²) in [6.45, 7) is 5.22. The number of carbonyl (C=O) groups excluding carboxylic acids is 4. The van der Waals surface area contributed by atoms with Crippen LogP contribution in [0.3, 0.4) is 0 Å². The second kappa shape index (κ2) is 18.9. The average Bonchev–Trinajstić information content (AvgIpc) is 3.73. The van der Waals surface area contributed by atoms with Gasteiger partial charge in [0, 0.05) is 32.3 Å². The number of β-lactam (4-membered cyclic amide) rings is 1. The first kappa shape index (κ1) is 43.4. The van der Waals surface area contributed by atoms with E-state index in [4.69, 9.17) is 19.0 Å². The number of nitrogens with one attached hydrogen (secondary N) is 2. The lowest BCUT2D eigenvalue weighted by atomic mass is 9.80. The van der Waals surface area contributed by atoms with Crippen molar-refractivity contribution in [2.75, 3.05) is 22.6 Å². The molecule has 2 N–H and O–H groups in total. The van der Waals surface area contributed by atoms with Crippen molar-refractivity contribution in [1.82, 2.24) is 15.2 Å². The zero-order valence-corrected chi connectivity index (χ0v) is 37.4. The van der Waals surface area contributed by atoms with Crippen LogP contribution in [0, 0.1) is 0 Å². The lowest BCUT2D eigenvalue weighted by Gasteiger charge is -2.49. The second-order valence-corrected chi connectivity index (χ2v) is 17.6. The Kier molecular flexibility index (Phi) is 13.4. The number of fused-ring (bicyclic) bond motifs is 1. The number of alkyl halides is 1. The van der Waals surface area contributed by atoms with Crippen LogP contribution < -0.4 is 15.4 Å². The van der Waals surface area contributed by atoms with Gasteiger partial charge in [-0.05, 0) is 44.0 Å². The van der Waals surface area contributed by atoms with E-state index in [9.17, 15) is 19.2 Å². The fourth-order valence-corrected chi connectivity index (χ4v) is 9.77. The van der Waals surface area contributed by atoms with Crippen molar-refractivity contribution in [2.24, 2.45) is 5.16 Å². The topological polar surface area (TPSA) is 158 Å². The second-order valence-electron chi connectivity index (χ2n) is 14.8. The Morgan fingerprint density at radius 3 is 2.02 bits per heavy atom. The molecule has 3 heterocycles.